The molecule has 7 heteroatoms. The minimum atomic E-state index is -1.74. The third kappa shape index (κ3) is 4.47. The molecule has 1 aromatic carbocycles. The van der Waals surface area contributed by atoms with Crippen molar-refractivity contribution >= 4 is 40.2 Å². The fourth-order valence-electron chi connectivity index (χ4n) is 5.81. The summed E-state index contributed by atoms with van der Waals surface area (Å²) in [5.41, 5.74) is -0.542. The van der Waals surface area contributed by atoms with E-state index in [9.17, 15) is 9.90 Å². The van der Waals surface area contributed by atoms with Crippen LogP contribution in [0.4, 0.5) is 0 Å². The quantitative estimate of drug-likeness (QED) is 0.356. The van der Waals surface area contributed by atoms with Crippen LogP contribution in [-0.4, -0.2) is 41.7 Å². The zero-order chi connectivity index (χ0) is 23.7. The number of hydrogen-bond donors (Lipinski definition) is 1. The van der Waals surface area contributed by atoms with Gasteiger partial charge in [0.05, 0.1) is 9.75 Å². The molecule has 0 aliphatic heterocycles. The minimum Gasteiger partial charge on any atom is -0.459 e. The summed E-state index contributed by atoms with van der Waals surface area (Å²) in [4.78, 5) is 17.1. The number of esters is 1. The largest absolute Gasteiger partial charge is 0.459 e. The molecule has 3 unspecified atom stereocenters. The maximum Gasteiger partial charge on any atom is 0.349 e. The van der Waals surface area contributed by atoms with E-state index in [-0.39, 0.29) is 6.10 Å². The monoisotopic (exact) mass is 515 g/mol. The molecule has 4 nitrogen and oxygen atoms in total. The lowest BCUT2D eigenvalue weighted by atomic mass is 9.94. The summed E-state index contributed by atoms with van der Waals surface area (Å²) in [5.74, 6) is 0.136. The van der Waals surface area contributed by atoms with Gasteiger partial charge in [-0.3, -0.25) is 0 Å². The number of rotatable bonds is 9. The number of halogens is 1. The normalized spacial score (nSPS) is 24.1. The molecule has 2 aromatic heterocycles. The molecule has 2 bridgehead atoms. The maximum atomic E-state index is 13.5. The van der Waals surface area contributed by atoms with Crippen LogP contribution in [0.3, 0.4) is 0 Å². The van der Waals surface area contributed by atoms with E-state index in [4.69, 9.17) is 16.3 Å². The number of carbonyl (C=O) groups excluding carboxylic acids is 1. The van der Waals surface area contributed by atoms with Crippen LogP contribution in [0.5, 0.6) is 0 Å². The highest BCUT2D eigenvalue weighted by Gasteiger charge is 2.54. The SMILES string of the molecule is CN(CCCc1ccccc1Cl)[C@@H]1CC2CCC1C2OC(=O)C(O)(c1cccs1)c1cccs1. The lowest BCUT2D eigenvalue weighted by Crippen LogP contribution is -2.42. The molecule has 2 fully saturated rings. The van der Waals surface area contributed by atoms with Crippen molar-refractivity contribution in [3.63, 3.8) is 0 Å². The van der Waals surface area contributed by atoms with Gasteiger partial charge < -0.3 is 14.7 Å². The average Bonchev–Trinajstić information content (AvgIpc) is 3.65. The number of thiophene rings is 2. The molecule has 5 rings (SSSR count). The summed E-state index contributed by atoms with van der Waals surface area (Å²) < 4.78 is 6.16. The van der Waals surface area contributed by atoms with Crippen LogP contribution in [0.25, 0.3) is 0 Å². The molecule has 0 spiro atoms. The summed E-state index contributed by atoms with van der Waals surface area (Å²) in [5, 5.41) is 16.2. The Hall–Kier alpha value is -1.70. The van der Waals surface area contributed by atoms with Gasteiger partial charge in [0, 0.05) is 17.0 Å². The number of aryl methyl sites for hydroxylation is 1. The number of hydrogen-bond acceptors (Lipinski definition) is 6. The molecule has 2 aliphatic carbocycles. The first-order chi connectivity index (χ1) is 16.5. The summed E-state index contributed by atoms with van der Waals surface area (Å²) in [6.45, 7) is 0.980. The third-order valence-corrected chi connectivity index (χ3v) is 9.90. The lowest BCUT2D eigenvalue weighted by molar-refractivity contribution is -0.170. The van der Waals surface area contributed by atoms with Crippen LogP contribution in [0, 0.1) is 11.8 Å². The topological polar surface area (TPSA) is 49.8 Å². The standard InChI is InChI=1S/C27H30ClNO3S2/c1-29(14-4-8-18-7-2-3-9-21(18)28)22-17-19-12-13-20(22)25(19)32-26(30)27(31,23-10-5-15-33-23)24-11-6-16-34-24/h2-3,5-7,9-11,15-16,19-20,22,25,31H,4,8,12-14,17H2,1H3/t19?,20?,22-,25?/m1/s1. The van der Waals surface area contributed by atoms with E-state index in [1.807, 2.05) is 53.2 Å². The smallest absolute Gasteiger partial charge is 0.349 e. The molecule has 0 saturated heterocycles. The second kappa shape index (κ2) is 10.1. The molecule has 0 amide bonds. The van der Waals surface area contributed by atoms with Crippen LogP contribution in [0.15, 0.2) is 59.3 Å². The van der Waals surface area contributed by atoms with Crippen molar-refractivity contribution in [2.45, 2.75) is 49.9 Å². The Kier molecular flexibility index (Phi) is 7.14. The van der Waals surface area contributed by atoms with E-state index >= 15 is 0 Å². The molecule has 3 aromatic rings. The second-order valence-corrected chi connectivity index (χ2v) is 11.8. The minimum absolute atomic E-state index is 0.130. The number of carbonyl (C=O) groups is 1. The Labute approximate surface area is 214 Å². The van der Waals surface area contributed by atoms with Crippen LogP contribution >= 0.6 is 34.3 Å². The summed E-state index contributed by atoms with van der Waals surface area (Å²) >= 11 is 9.08. The van der Waals surface area contributed by atoms with E-state index in [0.717, 1.165) is 43.7 Å². The molecule has 180 valence electrons. The van der Waals surface area contributed by atoms with E-state index in [1.165, 1.54) is 28.2 Å². The van der Waals surface area contributed by atoms with E-state index < -0.39 is 11.6 Å². The molecular weight excluding hydrogens is 486 g/mol. The van der Waals surface area contributed by atoms with Gasteiger partial charge in [-0.2, -0.15) is 0 Å². The number of benzene rings is 1. The van der Waals surface area contributed by atoms with E-state index in [2.05, 4.69) is 18.0 Å². The van der Waals surface area contributed by atoms with Crippen LogP contribution < -0.4 is 0 Å². The Morgan fingerprint density at radius 2 is 1.82 bits per heavy atom. The molecular formula is C27H30ClNO3S2. The Morgan fingerprint density at radius 3 is 2.47 bits per heavy atom. The van der Waals surface area contributed by atoms with Crippen molar-refractivity contribution in [3.05, 3.63) is 79.6 Å². The van der Waals surface area contributed by atoms with Crippen molar-refractivity contribution in [2.24, 2.45) is 11.8 Å². The Morgan fingerprint density at radius 1 is 1.12 bits per heavy atom. The Bertz CT molecular complexity index is 1070. The first kappa shape index (κ1) is 24.0. The van der Waals surface area contributed by atoms with E-state index in [1.54, 1.807) is 0 Å². The molecule has 2 saturated carbocycles. The van der Waals surface area contributed by atoms with Gasteiger partial charge >= 0.3 is 5.97 Å². The van der Waals surface area contributed by atoms with Crippen molar-refractivity contribution < 1.29 is 14.6 Å². The average molecular weight is 516 g/mol. The highest BCUT2D eigenvalue weighted by molar-refractivity contribution is 7.12. The zero-order valence-electron chi connectivity index (χ0n) is 19.2. The van der Waals surface area contributed by atoms with Gasteiger partial charge in [-0.15, -0.1) is 22.7 Å². The molecule has 4 atom stereocenters. The first-order valence-corrected chi connectivity index (χ1v) is 14.1. The van der Waals surface area contributed by atoms with Crippen LogP contribution in [0.2, 0.25) is 5.02 Å². The molecule has 1 N–H and O–H groups in total. The fraction of sp³-hybridized carbons (Fsp3) is 0.444. The summed E-state index contributed by atoms with van der Waals surface area (Å²) in [6.07, 6.45) is 5.06. The maximum absolute atomic E-state index is 13.5. The highest BCUT2D eigenvalue weighted by atomic mass is 35.5. The zero-order valence-corrected chi connectivity index (χ0v) is 21.6. The number of aliphatic hydroxyl groups is 1. The molecule has 2 aliphatic rings. The van der Waals surface area contributed by atoms with Crippen molar-refractivity contribution in [1.29, 1.82) is 0 Å². The van der Waals surface area contributed by atoms with Crippen molar-refractivity contribution in [2.75, 3.05) is 13.6 Å². The van der Waals surface area contributed by atoms with Crippen molar-refractivity contribution in [1.82, 2.24) is 4.90 Å². The van der Waals surface area contributed by atoms with E-state index in [0.29, 0.717) is 27.6 Å². The molecule has 34 heavy (non-hydrogen) atoms. The van der Waals surface area contributed by atoms with Crippen molar-refractivity contribution in [3.8, 4) is 0 Å². The number of ether oxygens (including phenoxy) is 1. The molecule has 2 heterocycles. The number of fused-ring (bicyclic) bond motifs is 2. The van der Waals surface area contributed by atoms with Gasteiger partial charge in [-0.25, -0.2) is 4.79 Å². The third-order valence-electron chi connectivity index (χ3n) is 7.57. The first-order valence-electron chi connectivity index (χ1n) is 11.9. The number of nitrogens with zero attached hydrogens (tertiary/aromatic N) is 1. The summed E-state index contributed by atoms with van der Waals surface area (Å²) in [7, 11) is 2.19. The van der Waals surface area contributed by atoms with Gasteiger partial charge in [0.1, 0.15) is 6.10 Å². The molecule has 0 radical (unpaired) electrons. The van der Waals surface area contributed by atoms with Gasteiger partial charge in [0.2, 0.25) is 5.60 Å². The fourth-order valence-corrected chi connectivity index (χ4v) is 7.75. The predicted octanol–water partition coefficient (Wildman–Crippen LogP) is 5.97. The lowest BCUT2D eigenvalue weighted by Gasteiger charge is -2.32. The van der Waals surface area contributed by atoms with Crippen LogP contribution in [-0.2, 0) is 21.6 Å². The highest BCUT2D eigenvalue weighted by Crippen LogP contribution is 2.49. The van der Waals surface area contributed by atoms with Gasteiger partial charge in [0.15, 0.2) is 0 Å². The second-order valence-electron chi connectivity index (χ2n) is 9.51. The van der Waals surface area contributed by atoms with Gasteiger partial charge in [-0.05, 0) is 86.1 Å². The van der Waals surface area contributed by atoms with Gasteiger partial charge in [-0.1, -0.05) is 41.9 Å². The Balaban J connectivity index is 1.24. The van der Waals surface area contributed by atoms with Gasteiger partial charge in [0.25, 0.3) is 0 Å². The predicted molar refractivity (Wildman–Crippen MR) is 139 cm³/mol. The van der Waals surface area contributed by atoms with Crippen LogP contribution in [0.1, 0.15) is 41.0 Å². The summed E-state index contributed by atoms with van der Waals surface area (Å²) in [6, 6.07) is 15.8.